The molecule has 6 nitrogen and oxygen atoms in total. The van der Waals surface area contributed by atoms with E-state index in [0.29, 0.717) is 0 Å². The van der Waals surface area contributed by atoms with Crippen molar-refractivity contribution in [2.75, 3.05) is 5.32 Å². The number of carbonyl (C=O) groups excluding carboxylic acids is 1. The third-order valence-corrected chi connectivity index (χ3v) is 4.69. The van der Waals surface area contributed by atoms with E-state index >= 15 is 0 Å². The van der Waals surface area contributed by atoms with Crippen molar-refractivity contribution in [2.24, 2.45) is 0 Å². The van der Waals surface area contributed by atoms with Crippen molar-refractivity contribution in [1.29, 1.82) is 5.26 Å². The lowest BCUT2D eigenvalue weighted by Crippen LogP contribution is -2.27. The van der Waals surface area contributed by atoms with Crippen molar-refractivity contribution >= 4 is 33.0 Å². The molecule has 0 radical (unpaired) electrons. The standard InChI is InChI=1S/C14H7ClF3N3O3S/c15-11-4-3-9(6-8(11)7-19)21-12(22)10-2-1-5-20-13(10)25(23,24)14(16,17)18/h1-6H,(H,21,22). The molecular weight excluding hydrogens is 383 g/mol. The van der Waals surface area contributed by atoms with Crippen LogP contribution in [0.4, 0.5) is 18.9 Å². The predicted octanol–water partition coefficient (Wildman–Crippen LogP) is 3.15. The summed E-state index contributed by atoms with van der Waals surface area (Å²) >= 11 is 5.74. The van der Waals surface area contributed by atoms with Gasteiger partial charge >= 0.3 is 5.51 Å². The summed E-state index contributed by atoms with van der Waals surface area (Å²) in [7, 11) is -5.81. The largest absolute Gasteiger partial charge is 0.503 e. The van der Waals surface area contributed by atoms with Crippen LogP contribution in [0.1, 0.15) is 15.9 Å². The molecule has 1 amide bonds. The lowest BCUT2D eigenvalue weighted by molar-refractivity contribution is -0.0438. The third kappa shape index (κ3) is 3.72. The Balaban J connectivity index is 2.44. The molecule has 0 spiro atoms. The number of anilines is 1. The molecule has 1 aromatic heterocycles. The summed E-state index contributed by atoms with van der Waals surface area (Å²) in [5.74, 6) is -1.14. The molecule has 1 N–H and O–H groups in total. The first-order valence-electron chi connectivity index (χ1n) is 6.35. The summed E-state index contributed by atoms with van der Waals surface area (Å²) in [5, 5.41) is 9.78. The predicted molar refractivity (Wildman–Crippen MR) is 81.6 cm³/mol. The van der Waals surface area contributed by atoms with Gasteiger partial charge in [0.2, 0.25) is 0 Å². The summed E-state index contributed by atoms with van der Waals surface area (Å²) in [4.78, 5) is 15.4. The molecule has 1 aromatic carbocycles. The minimum atomic E-state index is -5.81. The number of hydrogen-bond acceptors (Lipinski definition) is 5. The number of nitrogens with zero attached hydrogens (tertiary/aromatic N) is 2. The van der Waals surface area contributed by atoms with Gasteiger partial charge in [-0.1, -0.05) is 11.6 Å². The van der Waals surface area contributed by atoms with Crippen molar-refractivity contribution in [3.05, 3.63) is 52.7 Å². The van der Waals surface area contributed by atoms with Crippen LogP contribution in [-0.4, -0.2) is 24.8 Å². The Morgan fingerprint density at radius 1 is 1.28 bits per heavy atom. The Morgan fingerprint density at radius 2 is 1.96 bits per heavy atom. The number of aromatic nitrogens is 1. The molecule has 0 saturated heterocycles. The van der Waals surface area contributed by atoms with Crippen LogP contribution < -0.4 is 5.32 Å². The number of pyridine rings is 1. The number of nitrogens with one attached hydrogen (secondary N) is 1. The van der Waals surface area contributed by atoms with Gasteiger partial charge in [-0.15, -0.1) is 0 Å². The minimum absolute atomic E-state index is 0.0220. The van der Waals surface area contributed by atoms with E-state index in [1.807, 2.05) is 0 Å². The molecule has 0 fully saturated rings. The Hall–Kier alpha value is -2.64. The fourth-order valence-corrected chi connectivity index (χ4v) is 2.80. The normalized spacial score (nSPS) is 11.6. The van der Waals surface area contributed by atoms with Gasteiger partial charge in [-0.2, -0.15) is 18.4 Å². The van der Waals surface area contributed by atoms with Crippen LogP contribution >= 0.6 is 11.6 Å². The summed E-state index contributed by atoms with van der Waals surface area (Å²) in [5.41, 5.74) is -6.32. The number of rotatable bonds is 3. The number of sulfone groups is 1. The number of alkyl halides is 3. The highest BCUT2D eigenvalue weighted by molar-refractivity contribution is 7.92. The zero-order valence-electron chi connectivity index (χ0n) is 12.0. The highest BCUT2D eigenvalue weighted by Crippen LogP contribution is 2.31. The highest BCUT2D eigenvalue weighted by atomic mass is 35.5. The van der Waals surface area contributed by atoms with Gasteiger partial charge in [-0.3, -0.25) is 4.79 Å². The van der Waals surface area contributed by atoms with Gasteiger partial charge in [-0.05, 0) is 30.3 Å². The van der Waals surface area contributed by atoms with E-state index in [1.165, 1.54) is 18.2 Å². The maximum Gasteiger partial charge on any atom is 0.503 e. The third-order valence-electron chi connectivity index (χ3n) is 2.92. The lowest BCUT2D eigenvalue weighted by Gasteiger charge is -2.12. The average Bonchev–Trinajstić information content (AvgIpc) is 2.55. The average molecular weight is 390 g/mol. The fraction of sp³-hybridized carbons (Fsp3) is 0.0714. The number of amides is 1. The first kappa shape index (κ1) is 18.7. The van der Waals surface area contributed by atoms with Gasteiger partial charge in [0.15, 0.2) is 5.03 Å². The molecule has 0 saturated carbocycles. The van der Waals surface area contributed by atoms with Gasteiger partial charge < -0.3 is 5.32 Å². The van der Waals surface area contributed by atoms with Gasteiger partial charge in [-0.25, -0.2) is 13.4 Å². The van der Waals surface area contributed by atoms with E-state index in [-0.39, 0.29) is 16.3 Å². The zero-order valence-corrected chi connectivity index (χ0v) is 13.6. The second-order valence-corrected chi connectivity index (χ2v) is 6.83. The summed E-state index contributed by atoms with van der Waals surface area (Å²) in [6, 6.07) is 7.56. The molecule has 11 heteroatoms. The molecule has 25 heavy (non-hydrogen) atoms. The van der Waals surface area contributed by atoms with Crippen LogP contribution in [0.15, 0.2) is 41.6 Å². The lowest BCUT2D eigenvalue weighted by atomic mass is 10.2. The smallest absolute Gasteiger partial charge is 0.322 e. The maximum atomic E-state index is 12.7. The Kier molecular flexibility index (Phi) is 5.01. The number of carbonyl (C=O) groups is 1. The van der Waals surface area contributed by atoms with Gasteiger partial charge in [0.1, 0.15) is 6.07 Å². The van der Waals surface area contributed by atoms with Crippen LogP contribution in [0, 0.1) is 11.3 Å². The molecule has 1 heterocycles. The molecule has 0 aliphatic rings. The maximum absolute atomic E-state index is 12.7. The Morgan fingerprint density at radius 3 is 2.56 bits per heavy atom. The topological polar surface area (TPSA) is 99.9 Å². The number of halogens is 4. The van der Waals surface area contributed by atoms with Crippen molar-refractivity contribution in [3.8, 4) is 6.07 Å². The quantitative estimate of drug-likeness (QED) is 0.869. The number of hydrogen-bond donors (Lipinski definition) is 1. The van der Waals surface area contributed by atoms with Gasteiger partial charge in [0.25, 0.3) is 15.7 Å². The molecule has 0 bridgehead atoms. The monoisotopic (exact) mass is 389 g/mol. The van der Waals surface area contributed by atoms with Crippen LogP contribution in [-0.2, 0) is 9.84 Å². The van der Waals surface area contributed by atoms with Crippen molar-refractivity contribution in [2.45, 2.75) is 10.5 Å². The first-order chi connectivity index (χ1) is 11.6. The van der Waals surface area contributed by atoms with Crippen molar-refractivity contribution in [3.63, 3.8) is 0 Å². The van der Waals surface area contributed by atoms with E-state index in [1.54, 1.807) is 6.07 Å². The molecule has 0 unspecified atom stereocenters. The molecule has 2 aromatic rings. The van der Waals surface area contributed by atoms with Crippen LogP contribution in [0.5, 0.6) is 0 Å². The van der Waals surface area contributed by atoms with E-state index in [0.717, 1.165) is 18.3 Å². The van der Waals surface area contributed by atoms with E-state index in [9.17, 15) is 26.4 Å². The molecule has 0 atom stereocenters. The second-order valence-electron chi connectivity index (χ2n) is 4.57. The number of benzene rings is 1. The van der Waals surface area contributed by atoms with E-state index < -0.39 is 31.8 Å². The molecular formula is C14H7ClF3N3O3S. The summed E-state index contributed by atoms with van der Waals surface area (Å²) in [6.45, 7) is 0. The summed E-state index contributed by atoms with van der Waals surface area (Å²) < 4.78 is 61.3. The Bertz CT molecular complexity index is 985. The van der Waals surface area contributed by atoms with E-state index in [2.05, 4.69) is 10.3 Å². The van der Waals surface area contributed by atoms with Crippen LogP contribution in [0.2, 0.25) is 5.02 Å². The SMILES string of the molecule is N#Cc1cc(NC(=O)c2cccnc2S(=O)(=O)C(F)(F)F)ccc1Cl. The Labute approximate surface area is 144 Å². The number of nitriles is 1. The van der Waals surface area contributed by atoms with E-state index in [4.69, 9.17) is 16.9 Å². The second kappa shape index (κ2) is 6.70. The molecule has 2 rings (SSSR count). The van der Waals surface area contributed by atoms with Crippen molar-refractivity contribution in [1.82, 2.24) is 4.98 Å². The minimum Gasteiger partial charge on any atom is -0.322 e. The highest BCUT2D eigenvalue weighted by Gasteiger charge is 2.49. The molecule has 0 aliphatic heterocycles. The van der Waals surface area contributed by atoms with Gasteiger partial charge in [0.05, 0.1) is 16.1 Å². The van der Waals surface area contributed by atoms with Crippen LogP contribution in [0.25, 0.3) is 0 Å². The summed E-state index contributed by atoms with van der Waals surface area (Å²) in [6.07, 6.45) is 0.825. The van der Waals surface area contributed by atoms with Crippen molar-refractivity contribution < 1.29 is 26.4 Å². The first-order valence-corrected chi connectivity index (χ1v) is 8.21. The molecule has 130 valence electrons. The van der Waals surface area contributed by atoms with Crippen LogP contribution in [0.3, 0.4) is 0 Å². The fourth-order valence-electron chi connectivity index (χ4n) is 1.77. The zero-order chi connectivity index (χ0) is 18.8. The van der Waals surface area contributed by atoms with Gasteiger partial charge in [0, 0.05) is 11.9 Å². The molecule has 0 aliphatic carbocycles.